The molecule has 184 valence electrons. The number of rotatable bonds is 10. The van der Waals surface area contributed by atoms with E-state index in [0.29, 0.717) is 17.2 Å². The van der Waals surface area contributed by atoms with Crippen LogP contribution in [0.3, 0.4) is 0 Å². The number of carbonyl (C=O) groups excluding carboxylic acids is 2. The lowest BCUT2D eigenvalue weighted by molar-refractivity contribution is -0.139. The molecule has 0 aliphatic carbocycles. The second-order valence-corrected chi connectivity index (χ2v) is 9.79. The van der Waals surface area contributed by atoms with Crippen LogP contribution < -0.4 is 23.8 Å². The molecule has 0 radical (unpaired) electrons. The molecule has 2 amide bonds. The number of carbonyl (C=O) groups is 2. The average Bonchev–Trinajstić information content (AvgIpc) is 3.33. The van der Waals surface area contributed by atoms with Crippen LogP contribution >= 0.6 is 0 Å². The molecule has 0 saturated heterocycles. The van der Waals surface area contributed by atoms with Crippen LogP contribution in [0.15, 0.2) is 42.5 Å². The molecule has 0 saturated carbocycles. The Morgan fingerprint density at radius 3 is 2.41 bits per heavy atom. The minimum Gasteiger partial charge on any atom is -0.497 e. The van der Waals surface area contributed by atoms with Crippen LogP contribution in [0.1, 0.15) is 19.4 Å². The first-order valence-corrected chi connectivity index (χ1v) is 12.3. The van der Waals surface area contributed by atoms with Crippen LogP contribution in [0.25, 0.3) is 0 Å². The van der Waals surface area contributed by atoms with Crippen LogP contribution in [0, 0.1) is 0 Å². The van der Waals surface area contributed by atoms with Crippen molar-refractivity contribution >= 4 is 27.5 Å². The largest absolute Gasteiger partial charge is 0.497 e. The number of nitrogens with zero attached hydrogens (tertiary/aromatic N) is 2. The molecule has 0 aromatic heterocycles. The Balaban J connectivity index is 1.92. The van der Waals surface area contributed by atoms with Gasteiger partial charge in [-0.05, 0) is 43.7 Å². The van der Waals surface area contributed by atoms with Gasteiger partial charge in [-0.2, -0.15) is 0 Å². The molecule has 1 atom stereocenters. The smallest absolute Gasteiger partial charge is 0.244 e. The zero-order chi connectivity index (χ0) is 24.9. The van der Waals surface area contributed by atoms with E-state index in [0.717, 1.165) is 9.87 Å². The first kappa shape index (κ1) is 25.2. The molecular weight excluding hydrogens is 462 g/mol. The summed E-state index contributed by atoms with van der Waals surface area (Å²) in [5.74, 6) is 0.451. The third-order valence-corrected chi connectivity index (χ3v) is 7.29. The van der Waals surface area contributed by atoms with Gasteiger partial charge in [0.1, 0.15) is 18.3 Å². The quantitative estimate of drug-likeness (QED) is 0.538. The van der Waals surface area contributed by atoms with Crippen molar-refractivity contribution in [2.24, 2.45) is 0 Å². The molecule has 10 nitrogen and oxygen atoms in total. The van der Waals surface area contributed by atoms with Crippen LogP contribution in [0.4, 0.5) is 5.69 Å². The van der Waals surface area contributed by atoms with E-state index in [1.165, 1.54) is 24.9 Å². The van der Waals surface area contributed by atoms with E-state index in [9.17, 15) is 18.0 Å². The lowest BCUT2D eigenvalue weighted by Crippen LogP contribution is -2.50. The topological polar surface area (TPSA) is 114 Å². The molecule has 0 spiro atoms. The summed E-state index contributed by atoms with van der Waals surface area (Å²) in [6.07, 6.45) is 0. The molecule has 1 aliphatic heterocycles. The highest BCUT2D eigenvalue weighted by atomic mass is 32.2. The molecule has 11 heteroatoms. The van der Waals surface area contributed by atoms with Crippen LogP contribution in [-0.2, 0) is 26.2 Å². The molecule has 1 N–H and O–H groups in total. The molecule has 0 fully saturated rings. The minimum atomic E-state index is -3.82. The Morgan fingerprint density at radius 2 is 1.79 bits per heavy atom. The van der Waals surface area contributed by atoms with Gasteiger partial charge in [-0.15, -0.1) is 0 Å². The molecule has 2 aromatic carbocycles. The normalized spacial score (nSPS) is 13.2. The fourth-order valence-corrected chi connectivity index (χ4v) is 4.53. The van der Waals surface area contributed by atoms with Gasteiger partial charge in [0.15, 0.2) is 11.5 Å². The SMILES string of the molecule is CCS(=O)(=O)N(CC(=O)N(Cc1ccc(OC)cc1)[C@@H](C)C(=O)NC)c1ccc2c(c1)OCO2. The number of ether oxygens (including phenoxy) is 3. The van der Waals surface area contributed by atoms with Gasteiger partial charge >= 0.3 is 0 Å². The van der Waals surface area contributed by atoms with Crippen molar-refractivity contribution in [2.45, 2.75) is 26.4 Å². The lowest BCUT2D eigenvalue weighted by atomic mass is 10.1. The summed E-state index contributed by atoms with van der Waals surface area (Å²) < 4.78 is 42.7. The number of likely N-dealkylation sites (N-methyl/N-ethyl adjacent to an activating group) is 1. The summed E-state index contributed by atoms with van der Waals surface area (Å²) in [5, 5.41) is 2.54. The van der Waals surface area contributed by atoms with Crippen LogP contribution in [0.2, 0.25) is 0 Å². The Kier molecular flexibility index (Phi) is 7.87. The van der Waals surface area contributed by atoms with Crippen LogP contribution in [-0.4, -0.2) is 64.4 Å². The van der Waals surface area contributed by atoms with Crippen molar-refractivity contribution < 1.29 is 32.2 Å². The second-order valence-electron chi connectivity index (χ2n) is 7.60. The van der Waals surface area contributed by atoms with Gasteiger partial charge in [0.25, 0.3) is 0 Å². The number of hydrogen-bond donors (Lipinski definition) is 1. The summed E-state index contributed by atoms with van der Waals surface area (Å²) in [4.78, 5) is 27.2. The van der Waals surface area contributed by atoms with Gasteiger partial charge in [-0.25, -0.2) is 8.42 Å². The van der Waals surface area contributed by atoms with Crippen molar-refractivity contribution in [1.82, 2.24) is 10.2 Å². The predicted molar refractivity (Wildman–Crippen MR) is 126 cm³/mol. The first-order chi connectivity index (χ1) is 16.2. The molecule has 3 rings (SSSR count). The highest BCUT2D eigenvalue weighted by Gasteiger charge is 2.31. The Labute approximate surface area is 199 Å². The lowest BCUT2D eigenvalue weighted by Gasteiger charge is -2.31. The van der Waals surface area contributed by atoms with E-state index < -0.39 is 28.5 Å². The number of fused-ring (bicyclic) bond motifs is 1. The monoisotopic (exact) mass is 491 g/mol. The molecule has 34 heavy (non-hydrogen) atoms. The Hall–Kier alpha value is -3.47. The van der Waals surface area contributed by atoms with Crippen molar-refractivity contribution in [2.75, 3.05) is 37.6 Å². The van der Waals surface area contributed by atoms with Crippen molar-refractivity contribution in [3.8, 4) is 17.2 Å². The van der Waals surface area contributed by atoms with Gasteiger partial charge in [0, 0.05) is 19.7 Å². The molecule has 2 aromatic rings. The average molecular weight is 492 g/mol. The highest BCUT2D eigenvalue weighted by Crippen LogP contribution is 2.36. The molecular formula is C23H29N3O7S. The highest BCUT2D eigenvalue weighted by molar-refractivity contribution is 7.92. The van der Waals surface area contributed by atoms with Crippen molar-refractivity contribution in [3.63, 3.8) is 0 Å². The Morgan fingerprint density at radius 1 is 1.12 bits per heavy atom. The molecule has 0 bridgehead atoms. The van der Waals surface area contributed by atoms with E-state index in [-0.39, 0.29) is 30.7 Å². The maximum absolute atomic E-state index is 13.5. The maximum atomic E-state index is 13.5. The maximum Gasteiger partial charge on any atom is 0.244 e. The number of amides is 2. The molecule has 1 heterocycles. The van der Waals surface area contributed by atoms with Gasteiger partial charge in [-0.1, -0.05) is 12.1 Å². The fraction of sp³-hybridized carbons (Fsp3) is 0.391. The Bertz CT molecular complexity index is 1140. The summed E-state index contributed by atoms with van der Waals surface area (Å²) in [7, 11) is -0.786. The van der Waals surface area contributed by atoms with Gasteiger partial charge in [0.2, 0.25) is 28.6 Å². The zero-order valence-electron chi connectivity index (χ0n) is 19.6. The fourth-order valence-electron chi connectivity index (χ4n) is 3.48. The van der Waals surface area contributed by atoms with E-state index in [1.807, 2.05) is 0 Å². The third-order valence-electron chi connectivity index (χ3n) is 5.55. The number of nitrogens with one attached hydrogen (secondary N) is 1. The van der Waals surface area contributed by atoms with E-state index >= 15 is 0 Å². The zero-order valence-corrected chi connectivity index (χ0v) is 20.4. The van der Waals surface area contributed by atoms with Gasteiger partial charge < -0.3 is 24.4 Å². The summed E-state index contributed by atoms with van der Waals surface area (Å²) in [6, 6.07) is 10.9. The number of benzene rings is 2. The number of hydrogen-bond acceptors (Lipinski definition) is 7. The third kappa shape index (κ3) is 5.53. The van der Waals surface area contributed by atoms with Crippen LogP contribution in [0.5, 0.6) is 17.2 Å². The molecule has 1 aliphatic rings. The number of sulfonamides is 1. The second kappa shape index (κ2) is 10.6. The van der Waals surface area contributed by atoms with Crippen molar-refractivity contribution in [1.29, 1.82) is 0 Å². The number of anilines is 1. The predicted octanol–water partition coefficient (Wildman–Crippen LogP) is 1.74. The summed E-state index contributed by atoms with van der Waals surface area (Å²) in [6.45, 7) is 2.77. The van der Waals surface area contributed by atoms with E-state index in [2.05, 4.69) is 5.32 Å². The standard InChI is InChI=1S/C23H29N3O7S/c1-5-34(29,30)26(18-8-11-20-21(12-18)33-15-32-20)14-22(27)25(16(2)23(28)24-3)13-17-6-9-19(31-4)10-7-17/h6-12,16H,5,13-15H2,1-4H3,(H,24,28)/t16-/m0/s1. The van der Waals surface area contributed by atoms with E-state index in [4.69, 9.17) is 14.2 Å². The minimum absolute atomic E-state index is 0.0392. The summed E-state index contributed by atoms with van der Waals surface area (Å²) in [5.41, 5.74) is 1.04. The van der Waals surface area contributed by atoms with Gasteiger partial charge in [0.05, 0.1) is 18.6 Å². The van der Waals surface area contributed by atoms with Crippen molar-refractivity contribution in [3.05, 3.63) is 48.0 Å². The molecule has 0 unspecified atom stereocenters. The summed E-state index contributed by atoms with van der Waals surface area (Å²) >= 11 is 0. The number of methoxy groups -OCH3 is 1. The van der Waals surface area contributed by atoms with E-state index in [1.54, 1.807) is 50.4 Å². The van der Waals surface area contributed by atoms with Gasteiger partial charge in [-0.3, -0.25) is 13.9 Å². The first-order valence-electron chi connectivity index (χ1n) is 10.7.